The number of aromatic carboxylic acids is 1. The summed E-state index contributed by atoms with van der Waals surface area (Å²) in [6.07, 6.45) is 1.46. The van der Waals surface area contributed by atoms with Crippen molar-refractivity contribution in [1.29, 1.82) is 0 Å². The molecular weight excluding hydrogens is 348 g/mol. The number of carboxylic acids is 1. The minimum atomic E-state index is -0.972. The van der Waals surface area contributed by atoms with E-state index in [9.17, 15) is 14.7 Å². The van der Waals surface area contributed by atoms with E-state index in [-0.39, 0.29) is 22.7 Å². The number of ether oxygens (including phenoxy) is 2. The molecule has 0 saturated heterocycles. The molecule has 27 heavy (non-hydrogen) atoms. The Morgan fingerprint density at radius 1 is 0.889 bits per heavy atom. The Labute approximate surface area is 158 Å². The van der Waals surface area contributed by atoms with E-state index in [0.717, 1.165) is 12.8 Å². The second-order valence-electron chi connectivity index (χ2n) is 6.28. The minimum absolute atomic E-state index is 0.0443. The number of phenols is 1. The molecule has 0 aromatic heterocycles. The predicted molar refractivity (Wildman–Crippen MR) is 101 cm³/mol. The van der Waals surface area contributed by atoms with Crippen molar-refractivity contribution in [3.63, 3.8) is 0 Å². The number of carbonyl (C=O) groups is 2. The monoisotopic (exact) mass is 372 g/mol. The van der Waals surface area contributed by atoms with Crippen molar-refractivity contribution in [2.45, 2.75) is 33.6 Å². The summed E-state index contributed by atoms with van der Waals surface area (Å²) in [4.78, 5) is 22.5. The smallest absolute Gasteiger partial charge is 0.336 e. The zero-order valence-electron chi connectivity index (χ0n) is 15.7. The molecule has 2 aromatic rings. The van der Waals surface area contributed by atoms with E-state index in [1.165, 1.54) is 6.92 Å². The first kappa shape index (κ1) is 20.3. The summed E-state index contributed by atoms with van der Waals surface area (Å²) in [5.74, 6) is -0.0979. The molecule has 0 radical (unpaired) electrons. The van der Waals surface area contributed by atoms with E-state index in [2.05, 4.69) is 0 Å². The van der Waals surface area contributed by atoms with E-state index in [1.54, 1.807) is 44.2 Å². The zero-order valence-corrected chi connectivity index (χ0v) is 15.7. The Morgan fingerprint density at radius 2 is 1.48 bits per heavy atom. The molecule has 2 rings (SSSR count). The molecule has 0 unspecified atom stereocenters. The number of hydrogen-bond acceptors (Lipinski definition) is 5. The molecule has 6 heteroatoms. The third-order valence-electron chi connectivity index (χ3n) is 4.33. The molecule has 0 aliphatic heterocycles. The van der Waals surface area contributed by atoms with Crippen LogP contribution in [0.5, 0.6) is 17.2 Å². The van der Waals surface area contributed by atoms with Gasteiger partial charge in [0.1, 0.15) is 17.2 Å². The number of unbranched alkanes of at least 4 members (excludes halogenated alkanes) is 1. The fourth-order valence-electron chi connectivity index (χ4n) is 2.69. The summed E-state index contributed by atoms with van der Waals surface area (Å²) in [6.45, 7) is 5.72. The van der Waals surface area contributed by atoms with Crippen LogP contribution in [0.25, 0.3) is 0 Å². The summed E-state index contributed by atoms with van der Waals surface area (Å²) < 4.78 is 11.3. The van der Waals surface area contributed by atoms with E-state index < -0.39 is 5.97 Å². The number of phenolic OH excluding ortho intramolecular Hbond substituents is 1. The Bertz CT molecular complexity index is 841. The molecule has 0 heterocycles. The van der Waals surface area contributed by atoms with Gasteiger partial charge in [-0.3, -0.25) is 4.79 Å². The minimum Gasteiger partial charge on any atom is -0.507 e. The van der Waals surface area contributed by atoms with Gasteiger partial charge in [0.15, 0.2) is 5.78 Å². The SMILES string of the molecule is CC(=O)c1ccc(OCCCCOc2cccc(C(=O)O)c2C)c(C)c1O. The maximum Gasteiger partial charge on any atom is 0.336 e. The number of carbonyl (C=O) groups excluding carboxylic acids is 1. The lowest BCUT2D eigenvalue weighted by Gasteiger charge is -2.13. The van der Waals surface area contributed by atoms with Crippen molar-refractivity contribution in [3.05, 3.63) is 52.6 Å². The Balaban J connectivity index is 1.80. The lowest BCUT2D eigenvalue weighted by atomic mass is 10.1. The highest BCUT2D eigenvalue weighted by atomic mass is 16.5. The van der Waals surface area contributed by atoms with Crippen LogP contribution in [0.4, 0.5) is 0 Å². The van der Waals surface area contributed by atoms with Gasteiger partial charge in [0.25, 0.3) is 0 Å². The number of benzene rings is 2. The Kier molecular flexibility index (Phi) is 6.82. The molecule has 6 nitrogen and oxygen atoms in total. The van der Waals surface area contributed by atoms with Crippen molar-refractivity contribution in [1.82, 2.24) is 0 Å². The van der Waals surface area contributed by atoms with Gasteiger partial charge in [-0.2, -0.15) is 0 Å². The fourth-order valence-corrected chi connectivity index (χ4v) is 2.69. The molecule has 2 aromatic carbocycles. The van der Waals surface area contributed by atoms with Gasteiger partial charge in [0.2, 0.25) is 0 Å². The van der Waals surface area contributed by atoms with Crippen molar-refractivity contribution in [2.75, 3.05) is 13.2 Å². The van der Waals surface area contributed by atoms with Gasteiger partial charge in [-0.1, -0.05) is 6.07 Å². The summed E-state index contributed by atoms with van der Waals surface area (Å²) in [7, 11) is 0. The largest absolute Gasteiger partial charge is 0.507 e. The van der Waals surface area contributed by atoms with Crippen molar-refractivity contribution in [3.8, 4) is 17.2 Å². The van der Waals surface area contributed by atoms with Gasteiger partial charge < -0.3 is 19.7 Å². The van der Waals surface area contributed by atoms with Crippen LogP contribution in [-0.4, -0.2) is 35.2 Å². The van der Waals surface area contributed by atoms with Crippen LogP contribution in [0.15, 0.2) is 30.3 Å². The second kappa shape index (κ2) is 9.07. The third kappa shape index (κ3) is 5.00. The first-order valence-electron chi connectivity index (χ1n) is 8.75. The summed E-state index contributed by atoms with van der Waals surface area (Å²) in [6, 6.07) is 8.20. The standard InChI is InChI=1S/C21H24O6/c1-13-16(21(24)25)7-6-8-18(13)26-11-4-5-12-27-19-10-9-17(15(3)22)20(23)14(19)2/h6-10,23H,4-5,11-12H2,1-3H3,(H,24,25). The van der Waals surface area contributed by atoms with Gasteiger partial charge in [-0.05, 0) is 57.9 Å². The highest BCUT2D eigenvalue weighted by Gasteiger charge is 2.13. The normalized spacial score (nSPS) is 10.5. The summed E-state index contributed by atoms with van der Waals surface area (Å²) in [5, 5.41) is 19.2. The average Bonchev–Trinajstić information content (AvgIpc) is 2.62. The van der Waals surface area contributed by atoms with Crippen LogP contribution in [0, 0.1) is 13.8 Å². The van der Waals surface area contributed by atoms with E-state index in [0.29, 0.717) is 35.8 Å². The number of hydrogen-bond donors (Lipinski definition) is 2. The van der Waals surface area contributed by atoms with Crippen LogP contribution in [0.2, 0.25) is 0 Å². The molecule has 0 fully saturated rings. The molecule has 0 spiro atoms. The fraction of sp³-hybridized carbons (Fsp3) is 0.333. The number of ketones is 1. The van der Waals surface area contributed by atoms with Crippen LogP contribution in [-0.2, 0) is 0 Å². The van der Waals surface area contributed by atoms with Gasteiger partial charge in [-0.25, -0.2) is 4.79 Å². The Hall–Kier alpha value is -3.02. The highest BCUT2D eigenvalue weighted by molar-refractivity contribution is 5.97. The predicted octanol–water partition coefficient (Wildman–Crippen LogP) is 4.15. The maximum absolute atomic E-state index is 11.4. The van der Waals surface area contributed by atoms with Crippen LogP contribution in [0.3, 0.4) is 0 Å². The van der Waals surface area contributed by atoms with Gasteiger partial charge >= 0.3 is 5.97 Å². The lowest BCUT2D eigenvalue weighted by Crippen LogP contribution is -2.06. The van der Waals surface area contributed by atoms with Crippen molar-refractivity contribution >= 4 is 11.8 Å². The number of rotatable bonds is 9. The summed E-state index contributed by atoms with van der Waals surface area (Å²) in [5.41, 5.74) is 1.67. The van der Waals surface area contributed by atoms with Gasteiger partial charge in [0.05, 0.1) is 24.3 Å². The van der Waals surface area contributed by atoms with E-state index in [4.69, 9.17) is 14.6 Å². The molecule has 0 aliphatic rings. The number of Topliss-reactive ketones (excluding diaryl/α,β-unsaturated/α-hetero) is 1. The maximum atomic E-state index is 11.4. The first-order valence-corrected chi connectivity index (χ1v) is 8.75. The molecule has 2 N–H and O–H groups in total. The molecule has 0 saturated carbocycles. The Morgan fingerprint density at radius 3 is 2.04 bits per heavy atom. The highest BCUT2D eigenvalue weighted by Crippen LogP contribution is 2.30. The molecule has 0 aliphatic carbocycles. The lowest BCUT2D eigenvalue weighted by molar-refractivity contribution is 0.0695. The van der Waals surface area contributed by atoms with E-state index >= 15 is 0 Å². The first-order chi connectivity index (χ1) is 12.8. The summed E-state index contributed by atoms with van der Waals surface area (Å²) >= 11 is 0. The molecule has 0 atom stereocenters. The van der Waals surface area contributed by atoms with Crippen LogP contribution >= 0.6 is 0 Å². The van der Waals surface area contributed by atoms with Gasteiger partial charge in [0, 0.05) is 11.1 Å². The van der Waals surface area contributed by atoms with E-state index in [1.807, 2.05) is 0 Å². The average molecular weight is 372 g/mol. The quantitative estimate of drug-likeness (QED) is 0.507. The van der Waals surface area contributed by atoms with Crippen molar-refractivity contribution in [2.24, 2.45) is 0 Å². The number of carboxylic acid groups (broad SMARTS) is 1. The molecule has 0 amide bonds. The van der Waals surface area contributed by atoms with Crippen LogP contribution in [0.1, 0.15) is 51.6 Å². The van der Waals surface area contributed by atoms with Gasteiger partial charge in [-0.15, -0.1) is 0 Å². The third-order valence-corrected chi connectivity index (χ3v) is 4.33. The molecule has 144 valence electrons. The molecule has 0 bridgehead atoms. The number of aromatic hydroxyl groups is 1. The molecular formula is C21H24O6. The second-order valence-corrected chi connectivity index (χ2v) is 6.28. The van der Waals surface area contributed by atoms with Crippen LogP contribution < -0.4 is 9.47 Å². The topological polar surface area (TPSA) is 93.1 Å². The zero-order chi connectivity index (χ0) is 20.0. The van der Waals surface area contributed by atoms with Crippen molar-refractivity contribution < 1.29 is 29.3 Å².